The fraction of sp³-hybridized carbons (Fsp3) is 0.917. The standard InChI is InChI=1S/C12H30N6/c1-5-13-11(14-6-2)17-9-10-18-12(15-7-3)16-8-4/h11,13-14,17H,5-10H2,1-4H3,(H2,15,16,18)/q+1/p+1. The Morgan fingerprint density at radius 1 is 0.944 bits per heavy atom. The van der Waals surface area contributed by atoms with Crippen molar-refractivity contribution in [3.05, 3.63) is 0 Å². The van der Waals surface area contributed by atoms with Gasteiger partial charge in [-0.2, -0.15) is 5.32 Å². The highest BCUT2D eigenvalue weighted by atomic mass is 15.3. The molecule has 0 heterocycles. The molecule has 0 rings (SSSR count). The third-order valence-corrected chi connectivity index (χ3v) is 2.30. The monoisotopic (exact) mass is 259 g/mol. The predicted octanol–water partition coefficient (Wildman–Crippen LogP) is -3.51. The van der Waals surface area contributed by atoms with Crippen molar-refractivity contribution < 1.29 is 10.3 Å². The quantitative estimate of drug-likeness (QED) is 0.106. The van der Waals surface area contributed by atoms with E-state index in [9.17, 15) is 0 Å². The molecule has 6 heteroatoms. The van der Waals surface area contributed by atoms with E-state index < -0.39 is 0 Å². The molecule has 1 radical (unpaired) electrons. The lowest BCUT2D eigenvalue weighted by molar-refractivity contribution is -0.697. The van der Waals surface area contributed by atoms with E-state index >= 15 is 0 Å². The Bertz CT molecular complexity index is 193. The third kappa shape index (κ3) is 9.21. The average Bonchev–Trinajstić information content (AvgIpc) is 2.35. The maximum absolute atomic E-state index is 3.41. The van der Waals surface area contributed by atoms with E-state index in [2.05, 4.69) is 59.3 Å². The SMILES string of the molecule is CCNC(NCC)=[NH+]CCNC(NCC)[NH+]CC. The smallest absolute Gasteiger partial charge is 0.278 e. The number of nitrogens with one attached hydrogen (secondary N) is 6. The van der Waals surface area contributed by atoms with Crippen molar-refractivity contribution in [2.75, 3.05) is 39.3 Å². The molecule has 0 saturated heterocycles. The maximum atomic E-state index is 3.41. The van der Waals surface area contributed by atoms with Crippen molar-refractivity contribution in [3.63, 3.8) is 0 Å². The molecule has 6 N–H and O–H groups in total. The summed E-state index contributed by atoms with van der Waals surface area (Å²) in [4.78, 5) is 3.34. The maximum Gasteiger partial charge on any atom is 0.343 e. The van der Waals surface area contributed by atoms with Crippen LogP contribution in [0.1, 0.15) is 27.7 Å². The lowest BCUT2D eigenvalue weighted by Crippen LogP contribution is -2.96. The molecule has 0 aromatic carbocycles. The van der Waals surface area contributed by atoms with Crippen LogP contribution in [0.2, 0.25) is 0 Å². The summed E-state index contributed by atoms with van der Waals surface area (Å²) in [5, 5.41) is 16.6. The second-order valence-corrected chi connectivity index (χ2v) is 3.86. The average molecular weight is 259 g/mol. The van der Waals surface area contributed by atoms with Gasteiger partial charge in [-0.25, -0.2) is 5.32 Å². The highest BCUT2D eigenvalue weighted by Crippen LogP contribution is 1.61. The summed E-state index contributed by atoms with van der Waals surface area (Å²) < 4.78 is 0. The van der Waals surface area contributed by atoms with E-state index in [1.165, 1.54) is 0 Å². The molecule has 0 fully saturated rings. The molecule has 0 aliphatic rings. The van der Waals surface area contributed by atoms with E-state index in [-0.39, 0.29) is 6.29 Å². The Morgan fingerprint density at radius 2 is 1.61 bits per heavy atom. The molecule has 0 unspecified atom stereocenters. The van der Waals surface area contributed by atoms with Crippen molar-refractivity contribution in [1.29, 1.82) is 0 Å². The lowest BCUT2D eigenvalue weighted by atomic mass is 10.5. The summed E-state index contributed by atoms with van der Waals surface area (Å²) in [6.07, 6.45) is 0.184. The molecular weight excluding hydrogens is 228 g/mol. The Kier molecular flexibility index (Phi) is 12.0. The van der Waals surface area contributed by atoms with Crippen LogP contribution < -0.4 is 31.6 Å². The summed E-state index contributed by atoms with van der Waals surface area (Å²) in [6.45, 7) is 13.9. The highest BCUT2D eigenvalue weighted by molar-refractivity contribution is 5.73. The molecule has 6 nitrogen and oxygen atoms in total. The second-order valence-electron chi connectivity index (χ2n) is 3.86. The topological polar surface area (TPSA) is 77.7 Å². The van der Waals surface area contributed by atoms with Crippen LogP contribution in [0.5, 0.6) is 0 Å². The van der Waals surface area contributed by atoms with Gasteiger partial charge in [0.15, 0.2) is 0 Å². The molecule has 0 aromatic heterocycles. The molecular formula is C12H31N6+2. The summed E-state index contributed by atoms with van der Waals surface area (Å²) in [6, 6.07) is 0. The van der Waals surface area contributed by atoms with Gasteiger partial charge in [0.05, 0.1) is 19.6 Å². The van der Waals surface area contributed by atoms with Gasteiger partial charge in [-0.15, -0.1) is 0 Å². The van der Waals surface area contributed by atoms with Gasteiger partial charge >= 0.3 is 5.96 Å². The molecule has 0 bridgehead atoms. The van der Waals surface area contributed by atoms with Crippen LogP contribution in [-0.4, -0.2) is 51.5 Å². The van der Waals surface area contributed by atoms with Gasteiger partial charge in [0.25, 0.3) is 0 Å². The van der Waals surface area contributed by atoms with Crippen LogP contribution in [-0.2, 0) is 0 Å². The minimum atomic E-state index is 0.184. The first-order valence-corrected chi connectivity index (χ1v) is 7.07. The minimum Gasteiger partial charge on any atom is -0.278 e. The van der Waals surface area contributed by atoms with E-state index in [0.29, 0.717) is 0 Å². The van der Waals surface area contributed by atoms with Crippen molar-refractivity contribution in [1.82, 2.24) is 21.3 Å². The van der Waals surface area contributed by atoms with Crippen LogP contribution in [0.4, 0.5) is 0 Å². The Balaban J connectivity index is 3.87. The first-order chi connectivity index (χ1) is 8.78. The Hall–Kier alpha value is -0.850. The minimum absolute atomic E-state index is 0.184. The zero-order valence-electron chi connectivity index (χ0n) is 12.3. The highest BCUT2D eigenvalue weighted by Gasteiger charge is 2.10. The van der Waals surface area contributed by atoms with E-state index in [0.717, 1.165) is 45.2 Å². The largest absolute Gasteiger partial charge is 0.343 e. The van der Waals surface area contributed by atoms with Gasteiger partial charge in [-0.05, 0) is 27.3 Å². The van der Waals surface area contributed by atoms with Gasteiger partial charge in [-0.1, -0.05) is 6.92 Å². The van der Waals surface area contributed by atoms with E-state index in [4.69, 9.17) is 0 Å². The van der Waals surface area contributed by atoms with Gasteiger partial charge in [0.1, 0.15) is 6.54 Å². The molecule has 0 aliphatic heterocycles. The van der Waals surface area contributed by atoms with Crippen molar-refractivity contribution >= 4 is 5.96 Å². The van der Waals surface area contributed by atoms with Crippen LogP contribution >= 0.6 is 0 Å². The zero-order valence-corrected chi connectivity index (χ0v) is 12.3. The molecule has 18 heavy (non-hydrogen) atoms. The number of guanidine groups is 1. The van der Waals surface area contributed by atoms with Crippen LogP contribution in [0.15, 0.2) is 0 Å². The van der Waals surface area contributed by atoms with Crippen molar-refractivity contribution in [3.8, 4) is 0 Å². The van der Waals surface area contributed by atoms with Crippen molar-refractivity contribution in [2.24, 2.45) is 0 Å². The molecule has 107 valence electrons. The molecule has 0 atom stereocenters. The Labute approximate surface area is 111 Å². The first-order valence-electron chi connectivity index (χ1n) is 7.07. The molecule has 0 spiro atoms. The fourth-order valence-electron chi connectivity index (χ4n) is 1.57. The summed E-state index contributed by atoms with van der Waals surface area (Å²) in [5.74, 6) is 1.00. The van der Waals surface area contributed by atoms with Gasteiger partial charge in [0.2, 0.25) is 6.29 Å². The molecule has 0 aromatic rings. The van der Waals surface area contributed by atoms with Crippen LogP contribution in [0, 0.1) is 0 Å². The second kappa shape index (κ2) is 12.6. The van der Waals surface area contributed by atoms with Gasteiger partial charge in [0, 0.05) is 6.54 Å². The molecule has 0 saturated carbocycles. The molecule has 0 amide bonds. The predicted molar refractivity (Wildman–Crippen MR) is 75.2 cm³/mol. The molecule has 0 aliphatic carbocycles. The lowest BCUT2D eigenvalue weighted by Gasteiger charge is -2.12. The summed E-state index contributed by atoms with van der Waals surface area (Å²) in [5.41, 5.74) is 0. The van der Waals surface area contributed by atoms with Gasteiger partial charge < -0.3 is 0 Å². The van der Waals surface area contributed by atoms with E-state index in [1.807, 2.05) is 0 Å². The first kappa shape index (κ1) is 17.2. The van der Waals surface area contributed by atoms with Crippen LogP contribution in [0.25, 0.3) is 0 Å². The van der Waals surface area contributed by atoms with Gasteiger partial charge in [-0.3, -0.25) is 20.9 Å². The number of hydrogen-bond acceptors (Lipinski definition) is 3. The normalized spacial score (nSPS) is 12.0. The van der Waals surface area contributed by atoms with E-state index in [1.54, 1.807) is 0 Å². The number of hydrogen-bond donors (Lipinski definition) is 6. The van der Waals surface area contributed by atoms with Crippen LogP contribution in [0.3, 0.4) is 0 Å². The Morgan fingerprint density at radius 3 is 2.11 bits per heavy atom. The summed E-state index contributed by atoms with van der Waals surface area (Å²) >= 11 is 0. The number of rotatable bonds is 10. The zero-order chi connectivity index (χ0) is 13.6. The van der Waals surface area contributed by atoms with Crippen molar-refractivity contribution in [2.45, 2.75) is 34.0 Å². The fourth-order valence-corrected chi connectivity index (χ4v) is 1.57. The third-order valence-electron chi connectivity index (χ3n) is 2.30. The summed E-state index contributed by atoms with van der Waals surface area (Å²) in [7, 11) is 0.